The van der Waals surface area contributed by atoms with Crippen molar-refractivity contribution in [3.8, 4) is 0 Å². The van der Waals surface area contributed by atoms with Crippen LogP contribution in [0.2, 0.25) is 0 Å². The summed E-state index contributed by atoms with van der Waals surface area (Å²) in [6.45, 7) is 5.33. The van der Waals surface area contributed by atoms with E-state index in [2.05, 4.69) is 37.1 Å². The Morgan fingerprint density at radius 2 is 2.06 bits per heavy atom. The molecule has 92 valence electrons. The van der Waals surface area contributed by atoms with Crippen molar-refractivity contribution < 1.29 is 4.74 Å². The molecule has 1 fully saturated rings. The Labute approximate surface area is 104 Å². The Balaban J connectivity index is 1.96. The lowest BCUT2D eigenvalue weighted by molar-refractivity contribution is -0.0755. The molecule has 1 aromatic carbocycles. The quantitative estimate of drug-likeness (QED) is 0.737. The minimum absolute atomic E-state index is 0.0347. The number of likely N-dealkylation sites (tertiary alicyclic amines) is 1. The molecule has 1 aromatic rings. The lowest BCUT2D eigenvalue weighted by atomic mass is 9.83. The van der Waals surface area contributed by atoms with Crippen LogP contribution in [0.25, 0.3) is 0 Å². The number of hydrogen-bond donors (Lipinski definition) is 0. The van der Waals surface area contributed by atoms with Gasteiger partial charge in [0.1, 0.15) is 0 Å². The van der Waals surface area contributed by atoms with Gasteiger partial charge >= 0.3 is 0 Å². The molecule has 0 aromatic heterocycles. The van der Waals surface area contributed by atoms with E-state index in [1.165, 1.54) is 16.7 Å². The number of benzene rings is 1. The second-order valence-corrected chi connectivity index (χ2v) is 5.43. The van der Waals surface area contributed by atoms with Gasteiger partial charge in [-0.15, -0.1) is 0 Å². The van der Waals surface area contributed by atoms with E-state index in [1.54, 1.807) is 0 Å². The van der Waals surface area contributed by atoms with Crippen LogP contribution < -0.4 is 0 Å². The molecular weight excluding hydrogens is 210 g/mol. The Hall–Kier alpha value is -0.860. The number of rotatable bonds is 1. The van der Waals surface area contributed by atoms with Crippen LogP contribution in [0.4, 0.5) is 0 Å². The summed E-state index contributed by atoms with van der Waals surface area (Å²) in [5, 5.41) is 0. The lowest BCUT2D eigenvalue weighted by Crippen LogP contribution is -2.40. The zero-order valence-electron chi connectivity index (χ0n) is 10.8. The highest BCUT2D eigenvalue weighted by molar-refractivity contribution is 5.39. The van der Waals surface area contributed by atoms with Crippen LogP contribution in [0.15, 0.2) is 18.2 Å². The van der Waals surface area contributed by atoms with E-state index < -0.39 is 0 Å². The smallest absolute Gasteiger partial charge is 0.0963 e. The minimum atomic E-state index is 0.0347. The van der Waals surface area contributed by atoms with Crippen LogP contribution in [-0.4, -0.2) is 25.0 Å². The van der Waals surface area contributed by atoms with Gasteiger partial charge in [-0.25, -0.2) is 0 Å². The van der Waals surface area contributed by atoms with Gasteiger partial charge in [-0.05, 0) is 43.0 Å². The topological polar surface area (TPSA) is 12.5 Å². The van der Waals surface area contributed by atoms with Gasteiger partial charge in [-0.3, -0.25) is 0 Å². The monoisotopic (exact) mass is 231 g/mol. The molecule has 3 rings (SSSR count). The number of ether oxygens (including phenoxy) is 1. The van der Waals surface area contributed by atoms with E-state index in [4.69, 9.17) is 4.74 Å². The zero-order chi connectivity index (χ0) is 11.9. The molecule has 2 aliphatic heterocycles. The van der Waals surface area contributed by atoms with Gasteiger partial charge < -0.3 is 9.64 Å². The molecule has 0 atom stereocenters. The summed E-state index contributed by atoms with van der Waals surface area (Å²) in [4.78, 5) is 2.40. The number of hydrogen-bond acceptors (Lipinski definition) is 2. The Bertz CT molecular complexity index is 419. The Morgan fingerprint density at radius 1 is 1.29 bits per heavy atom. The predicted molar refractivity (Wildman–Crippen MR) is 69.0 cm³/mol. The maximum Gasteiger partial charge on any atom is 0.0963 e. The van der Waals surface area contributed by atoms with E-state index in [-0.39, 0.29) is 5.60 Å². The fraction of sp³-hybridized carbons (Fsp3) is 0.600. The first-order valence-electron chi connectivity index (χ1n) is 6.68. The minimum Gasteiger partial charge on any atom is -0.365 e. The number of nitrogens with zero attached hydrogens (tertiary/aromatic N) is 1. The van der Waals surface area contributed by atoms with Gasteiger partial charge in [0.25, 0.3) is 0 Å². The van der Waals surface area contributed by atoms with E-state index in [0.29, 0.717) is 0 Å². The van der Waals surface area contributed by atoms with Crippen molar-refractivity contribution in [3.63, 3.8) is 0 Å². The number of piperidine rings is 1. The molecule has 1 saturated heterocycles. The first-order valence-corrected chi connectivity index (χ1v) is 6.68. The van der Waals surface area contributed by atoms with Gasteiger partial charge in [0.15, 0.2) is 0 Å². The van der Waals surface area contributed by atoms with Crippen LogP contribution in [0.3, 0.4) is 0 Å². The molecule has 2 heterocycles. The van der Waals surface area contributed by atoms with Crippen molar-refractivity contribution >= 4 is 0 Å². The second kappa shape index (κ2) is 4.11. The van der Waals surface area contributed by atoms with E-state index in [0.717, 1.165) is 39.0 Å². The van der Waals surface area contributed by atoms with Crippen molar-refractivity contribution in [1.82, 2.24) is 4.90 Å². The molecule has 0 radical (unpaired) electrons. The highest BCUT2D eigenvalue weighted by Gasteiger charge is 2.41. The van der Waals surface area contributed by atoms with Crippen LogP contribution in [-0.2, 0) is 23.4 Å². The predicted octanol–water partition coefficient (Wildman–Crippen LogP) is 2.70. The average molecular weight is 231 g/mol. The molecule has 0 bridgehead atoms. The maximum atomic E-state index is 6.17. The summed E-state index contributed by atoms with van der Waals surface area (Å²) < 4.78 is 6.17. The van der Waals surface area contributed by atoms with Gasteiger partial charge in [0, 0.05) is 13.1 Å². The molecule has 0 aliphatic carbocycles. The molecule has 2 aliphatic rings. The fourth-order valence-electron chi connectivity index (χ4n) is 3.08. The van der Waals surface area contributed by atoms with Crippen molar-refractivity contribution in [2.45, 2.75) is 38.4 Å². The summed E-state index contributed by atoms with van der Waals surface area (Å²) in [5.74, 6) is 0. The van der Waals surface area contributed by atoms with E-state index in [9.17, 15) is 0 Å². The molecule has 2 nitrogen and oxygen atoms in total. The molecule has 0 saturated carbocycles. The lowest BCUT2D eigenvalue weighted by Gasteiger charge is -2.37. The summed E-state index contributed by atoms with van der Waals surface area (Å²) in [6, 6.07) is 6.89. The average Bonchev–Trinajstić information content (AvgIpc) is 2.72. The molecule has 17 heavy (non-hydrogen) atoms. The van der Waals surface area contributed by atoms with Crippen LogP contribution >= 0.6 is 0 Å². The molecule has 0 unspecified atom stereocenters. The van der Waals surface area contributed by atoms with Crippen molar-refractivity contribution in [2.24, 2.45) is 0 Å². The van der Waals surface area contributed by atoms with Gasteiger partial charge in [-0.1, -0.05) is 25.1 Å². The van der Waals surface area contributed by atoms with Crippen LogP contribution in [0.5, 0.6) is 0 Å². The van der Waals surface area contributed by atoms with Gasteiger partial charge in [0.2, 0.25) is 0 Å². The molecule has 0 amide bonds. The summed E-state index contributed by atoms with van der Waals surface area (Å²) in [7, 11) is 2.20. The first-order chi connectivity index (χ1) is 8.23. The SMILES string of the molecule is CCc1ccc2c(c1)C1(CCN(C)CC1)OC2. The van der Waals surface area contributed by atoms with Gasteiger partial charge in [0.05, 0.1) is 12.2 Å². The fourth-order valence-corrected chi connectivity index (χ4v) is 3.08. The normalized spacial score (nSPS) is 22.9. The third kappa shape index (κ3) is 1.80. The summed E-state index contributed by atoms with van der Waals surface area (Å²) in [6.07, 6.45) is 3.40. The zero-order valence-corrected chi connectivity index (χ0v) is 10.8. The first kappa shape index (κ1) is 11.2. The largest absolute Gasteiger partial charge is 0.365 e. The maximum absolute atomic E-state index is 6.17. The number of fused-ring (bicyclic) bond motifs is 2. The van der Waals surface area contributed by atoms with Gasteiger partial charge in [-0.2, -0.15) is 0 Å². The third-order valence-corrected chi connectivity index (χ3v) is 4.37. The molecule has 1 spiro atoms. The molecule has 2 heteroatoms. The standard InChI is InChI=1S/C15H21NO/c1-3-12-4-5-13-11-17-15(14(13)10-12)6-8-16(2)9-7-15/h4-5,10H,3,6-9,11H2,1-2H3. The Morgan fingerprint density at radius 3 is 2.76 bits per heavy atom. The van der Waals surface area contributed by atoms with Crippen LogP contribution in [0.1, 0.15) is 36.5 Å². The highest BCUT2D eigenvalue weighted by atomic mass is 16.5. The summed E-state index contributed by atoms with van der Waals surface area (Å²) >= 11 is 0. The van der Waals surface area contributed by atoms with Crippen molar-refractivity contribution in [1.29, 1.82) is 0 Å². The Kier molecular flexibility index (Phi) is 2.72. The van der Waals surface area contributed by atoms with Crippen molar-refractivity contribution in [3.05, 3.63) is 34.9 Å². The molecular formula is C15H21NO. The summed E-state index contributed by atoms with van der Waals surface area (Å²) in [5.41, 5.74) is 4.36. The molecule has 0 N–H and O–H groups in total. The van der Waals surface area contributed by atoms with Crippen molar-refractivity contribution in [2.75, 3.05) is 20.1 Å². The highest BCUT2D eigenvalue weighted by Crippen LogP contribution is 2.44. The third-order valence-electron chi connectivity index (χ3n) is 4.37. The van der Waals surface area contributed by atoms with E-state index in [1.807, 2.05) is 0 Å². The second-order valence-electron chi connectivity index (χ2n) is 5.43. The number of aryl methyl sites for hydroxylation is 1. The van der Waals surface area contributed by atoms with Crippen LogP contribution in [0, 0.1) is 0 Å². The van der Waals surface area contributed by atoms with E-state index >= 15 is 0 Å².